The summed E-state index contributed by atoms with van der Waals surface area (Å²) in [5.41, 5.74) is 8.46. The first-order valence-electron chi connectivity index (χ1n) is 8.50. The minimum Gasteiger partial charge on any atom is -0.397 e. The van der Waals surface area contributed by atoms with Crippen LogP contribution in [0.3, 0.4) is 0 Å². The average Bonchev–Trinajstić information content (AvgIpc) is 2.66. The lowest BCUT2D eigenvalue weighted by Gasteiger charge is -2.06. The van der Waals surface area contributed by atoms with E-state index in [9.17, 15) is 4.79 Å². The molecule has 0 amide bonds. The summed E-state index contributed by atoms with van der Waals surface area (Å²) in [5, 5.41) is 9.99. The minimum atomic E-state index is -0.337. The molecule has 3 heterocycles. The first-order chi connectivity index (χ1) is 12.7. The predicted molar refractivity (Wildman–Crippen MR) is 99.8 cm³/mol. The number of nitrogen functional groups attached to an aromatic ring is 1. The number of hydrogen-bond donors (Lipinski definition) is 3. The van der Waals surface area contributed by atoms with Gasteiger partial charge in [-0.05, 0) is 43.0 Å². The fourth-order valence-electron chi connectivity index (χ4n) is 2.53. The molecule has 0 radical (unpaired) electrons. The van der Waals surface area contributed by atoms with Gasteiger partial charge in [0.25, 0.3) is 5.56 Å². The molecule has 0 aliphatic rings. The summed E-state index contributed by atoms with van der Waals surface area (Å²) in [4.78, 5) is 24.4. The Kier molecular flexibility index (Phi) is 5.87. The number of aromatic nitrogens is 5. The highest BCUT2D eigenvalue weighted by atomic mass is 16.1. The van der Waals surface area contributed by atoms with Crippen LogP contribution in [-0.4, -0.2) is 31.7 Å². The van der Waals surface area contributed by atoms with E-state index in [1.54, 1.807) is 18.6 Å². The number of aryl methyl sites for hydroxylation is 1. The summed E-state index contributed by atoms with van der Waals surface area (Å²) >= 11 is 0. The summed E-state index contributed by atoms with van der Waals surface area (Å²) in [6.07, 6.45) is 8.21. The Morgan fingerprint density at radius 2 is 2.00 bits per heavy atom. The molecule has 0 atom stereocenters. The molecule has 3 rings (SSSR count). The second kappa shape index (κ2) is 8.70. The fourth-order valence-corrected chi connectivity index (χ4v) is 2.53. The van der Waals surface area contributed by atoms with Crippen LogP contribution in [0.15, 0.2) is 47.7 Å². The van der Waals surface area contributed by atoms with E-state index in [1.165, 1.54) is 0 Å². The van der Waals surface area contributed by atoms with Gasteiger partial charge < -0.3 is 11.1 Å². The molecule has 0 unspecified atom stereocenters. The van der Waals surface area contributed by atoms with E-state index in [0.29, 0.717) is 24.6 Å². The molecule has 3 aromatic heterocycles. The molecule has 0 saturated heterocycles. The highest BCUT2D eigenvalue weighted by Crippen LogP contribution is 2.10. The van der Waals surface area contributed by atoms with E-state index in [-0.39, 0.29) is 5.56 Å². The van der Waals surface area contributed by atoms with Gasteiger partial charge in [-0.2, -0.15) is 10.1 Å². The Hall–Kier alpha value is -3.29. The lowest BCUT2D eigenvalue weighted by atomic mass is 10.1. The molecule has 3 aromatic rings. The molecule has 0 saturated carbocycles. The summed E-state index contributed by atoms with van der Waals surface area (Å²) in [6.45, 7) is 0.680. The topological polar surface area (TPSA) is 122 Å². The van der Waals surface area contributed by atoms with Crippen LogP contribution in [0.5, 0.6) is 0 Å². The highest BCUT2D eigenvalue weighted by Gasteiger charge is 2.06. The number of rotatable bonds is 8. The Balaban J connectivity index is 1.46. The van der Waals surface area contributed by atoms with Crippen LogP contribution in [0.25, 0.3) is 0 Å². The molecule has 134 valence electrons. The quantitative estimate of drug-likeness (QED) is 0.526. The number of anilines is 2. The van der Waals surface area contributed by atoms with E-state index in [0.717, 1.165) is 36.2 Å². The van der Waals surface area contributed by atoms with Gasteiger partial charge in [-0.3, -0.25) is 14.8 Å². The predicted octanol–water partition coefficient (Wildman–Crippen LogP) is 1.56. The van der Waals surface area contributed by atoms with E-state index >= 15 is 0 Å². The Morgan fingerprint density at radius 3 is 2.77 bits per heavy atom. The van der Waals surface area contributed by atoms with Gasteiger partial charge in [0.05, 0.1) is 11.4 Å². The third kappa shape index (κ3) is 4.85. The molecule has 26 heavy (non-hydrogen) atoms. The molecule has 0 aromatic carbocycles. The highest BCUT2D eigenvalue weighted by molar-refractivity contribution is 5.41. The molecule has 4 N–H and O–H groups in total. The third-order valence-corrected chi connectivity index (χ3v) is 3.91. The summed E-state index contributed by atoms with van der Waals surface area (Å²) in [6, 6.07) is 7.40. The summed E-state index contributed by atoms with van der Waals surface area (Å²) in [7, 11) is 0. The molecule has 8 nitrogen and oxygen atoms in total. The van der Waals surface area contributed by atoms with Crippen molar-refractivity contribution in [3.05, 3.63) is 70.2 Å². The molecular weight excluding hydrogens is 330 g/mol. The largest absolute Gasteiger partial charge is 0.397 e. The number of nitrogens with one attached hydrogen (secondary N) is 2. The zero-order valence-corrected chi connectivity index (χ0v) is 14.4. The lowest BCUT2D eigenvalue weighted by Crippen LogP contribution is -2.20. The number of hydrogen-bond acceptors (Lipinski definition) is 7. The van der Waals surface area contributed by atoms with Crippen molar-refractivity contribution in [2.45, 2.75) is 25.7 Å². The second-order valence-corrected chi connectivity index (χ2v) is 5.90. The van der Waals surface area contributed by atoms with Crippen molar-refractivity contribution in [3.63, 3.8) is 0 Å². The molecule has 0 aliphatic carbocycles. The first-order valence-corrected chi connectivity index (χ1v) is 8.50. The van der Waals surface area contributed by atoms with Crippen molar-refractivity contribution in [1.29, 1.82) is 0 Å². The van der Waals surface area contributed by atoms with Crippen molar-refractivity contribution in [1.82, 2.24) is 25.1 Å². The van der Waals surface area contributed by atoms with Gasteiger partial charge in [0.1, 0.15) is 5.69 Å². The average molecular weight is 351 g/mol. The standard InChI is InChI=1S/C18H21N7O/c19-14-6-4-10-21-15(14)7-1-2-9-22-18-23-17(26)16(24-25-18)11-13-5-3-8-20-12-13/h3-6,8,10,12H,1-2,7,9,11,19H2,(H2,22,23,25,26). The van der Waals surface area contributed by atoms with Gasteiger partial charge in [-0.25, -0.2) is 5.10 Å². The zero-order chi connectivity index (χ0) is 18.2. The van der Waals surface area contributed by atoms with Gasteiger partial charge in [0.15, 0.2) is 0 Å². The number of nitrogens with zero attached hydrogens (tertiary/aromatic N) is 4. The van der Waals surface area contributed by atoms with E-state index < -0.39 is 0 Å². The van der Waals surface area contributed by atoms with Crippen LogP contribution in [0, 0.1) is 0 Å². The molecule has 0 aliphatic heterocycles. The van der Waals surface area contributed by atoms with Crippen molar-refractivity contribution in [3.8, 4) is 0 Å². The molecule has 0 bridgehead atoms. The Labute approximate surface area is 150 Å². The van der Waals surface area contributed by atoms with Crippen LogP contribution in [0.2, 0.25) is 0 Å². The van der Waals surface area contributed by atoms with Gasteiger partial charge in [-0.1, -0.05) is 6.07 Å². The van der Waals surface area contributed by atoms with Crippen LogP contribution in [-0.2, 0) is 12.8 Å². The van der Waals surface area contributed by atoms with Crippen LogP contribution < -0.4 is 16.6 Å². The maximum atomic E-state index is 12.1. The van der Waals surface area contributed by atoms with Gasteiger partial charge in [0.2, 0.25) is 5.95 Å². The van der Waals surface area contributed by atoms with Crippen LogP contribution in [0.1, 0.15) is 29.8 Å². The van der Waals surface area contributed by atoms with Crippen LogP contribution in [0.4, 0.5) is 11.6 Å². The van der Waals surface area contributed by atoms with Gasteiger partial charge in [-0.15, -0.1) is 0 Å². The molecule has 0 fully saturated rings. The first kappa shape index (κ1) is 17.5. The maximum Gasteiger partial charge on any atom is 0.296 e. The smallest absolute Gasteiger partial charge is 0.296 e. The molecule has 8 heteroatoms. The van der Waals surface area contributed by atoms with Crippen molar-refractivity contribution in [2.24, 2.45) is 0 Å². The number of nitrogens with two attached hydrogens (primary N) is 1. The zero-order valence-electron chi connectivity index (χ0n) is 14.4. The van der Waals surface area contributed by atoms with E-state index in [2.05, 4.69) is 30.5 Å². The normalized spacial score (nSPS) is 10.6. The van der Waals surface area contributed by atoms with Gasteiger partial charge in [0, 0.05) is 31.6 Å². The number of aromatic amines is 1. The molecular formula is C18H21N7O. The number of pyridine rings is 2. The van der Waals surface area contributed by atoms with E-state index in [4.69, 9.17) is 5.73 Å². The van der Waals surface area contributed by atoms with Crippen LogP contribution >= 0.6 is 0 Å². The molecule has 0 spiro atoms. The summed E-state index contributed by atoms with van der Waals surface area (Å²) in [5.74, 6) is 0.377. The SMILES string of the molecule is Nc1cccnc1CCCCNc1nc(=O)c(Cc2cccnc2)n[nH]1. The Bertz CT molecular complexity index is 895. The lowest BCUT2D eigenvalue weighted by molar-refractivity contribution is 0.742. The number of H-pyrrole nitrogens is 1. The van der Waals surface area contributed by atoms with Crippen molar-refractivity contribution >= 4 is 11.6 Å². The maximum absolute atomic E-state index is 12.1. The Morgan fingerprint density at radius 1 is 1.12 bits per heavy atom. The third-order valence-electron chi connectivity index (χ3n) is 3.91. The van der Waals surface area contributed by atoms with Gasteiger partial charge >= 0.3 is 0 Å². The van der Waals surface area contributed by atoms with E-state index in [1.807, 2.05) is 24.3 Å². The van der Waals surface area contributed by atoms with Crippen molar-refractivity contribution < 1.29 is 0 Å². The second-order valence-electron chi connectivity index (χ2n) is 5.90. The number of unbranched alkanes of at least 4 members (excludes halogenated alkanes) is 1. The summed E-state index contributed by atoms with van der Waals surface area (Å²) < 4.78 is 0. The minimum absolute atomic E-state index is 0.337. The monoisotopic (exact) mass is 351 g/mol. The van der Waals surface area contributed by atoms with Crippen molar-refractivity contribution in [2.75, 3.05) is 17.6 Å². The fraction of sp³-hybridized carbons (Fsp3) is 0.278.